The van der Waals surface area contributed by atoms with Crippen LogP contribution in [0.1, 0.15) is 25.7 Å². The smallest absolute Gasteiger partial charge is 0.408 e. The van der Waals surface area contributed by atoms with Crippen LogP contribution >= 0.6 is 0 Å². The van der Waals surface area contributed by atoms with E-state index in [4.69, 9.17) is 4.42 Å². The van der Waals surface area contributed by atoms with Crippen molar-refractivity contribution < 1.29 is 14.1 Å². The molecule has 0 atom stereocenters. The minimum Gasteiger partial charge on any atom is -0.408 e. The fourth-order valence-corrected chi connectivity index (χ4v) is 3.01. The van der Waals surface area contributed by atoms with Crippen LogP contribution < -0.4 is 11.1 Å². The standard InChI is InChI=1S/C15H14N4O5/c16-9-15(5-1-2-6-15)17-13(20)8-18-11-7-10(19(22)23)3-4-12(11)24-14(18)21/h3-4,7H,1-2,5-6,8H2,(H,17,20). The van der Waals surface area contributed by atoms with Crippen LogP contribution in [0.2, 0.25) is 0 Å². The Labute approximate surface area is 135 Å². The van der Waals surface area contributed by atoms with E-state index >= 15 is 0 Å². The molecule has 0 unspecified atom stereocenters. The van der Waals surface area contributed by atoms with E-state index in [1.165, 1.54) is 18.2 Å². The second kappa shape index (κ2) is 5.81. The van der Waals surface area contributed by atoms with Crippen molar-refractivity contribution in [2.24, 2.45) is 0 Å². The van der Waals surface area contributed by atoms with Gasteiger partial charge in [-0.25, -0.2) is 4.79 Å². The minimum atomic E-state index is -0.897. The number of nitriles is 1. The zero-order valence-electron chi connectivity index (χ0n) is 12.7. The molecule has 1 aliphatic rings. The molecular formula is C15H14N4O5. The highest BCUT2D eigenvalue weighted by atomic mass is 16.6. The van der Waals surface area contributed by atoms with Crippen LogP contribution in [0.25, 0.3) is 11.1 Å². The predicted octanol–water partition coefficient (Wildman–Crippen LogP) is 1.46. The fourth-order valence-electron chi connectivity index (χ4n) is 3.01. The maximum atomic E-state index is 12.2. The molecule has 9 nitrogen and oxygen atoms in total. The summed E-state index contributed by atoms with van der Waals surface area (Å²) in [7, 11) is 0. The summed E-state index contributed by atoms with van der Waals surface area (Å²) in [5.41, 5.74) is -0.774. The Morgan fingerprint density at radius 2 is 2.17 bits per heavy atom. The lowest BCUT2D eigenvalue weighted by Crippen LogP contribution is -2.46. The highest BCUT2D eigenvalue weighted by Crippen LogP contribution is 2.29. The number of non-ortho nitro benzene ring substituents is 1. The number of hydrogen-bond donors (Lipinski definition) is 1. The van der Waals surface area contributed by atoms with Crippen LogP contribution in [-0.2, 0) is 11.3 Å². The van der Waals surface area contributed by atoms with Crippen molar-refractivity contribution in [1.82, 2.24) is 9.88 Å². The molecule has 1 amide bonds. The van der Waals surface area contributed by atoms with Gasteiger partial charge in [-0.15, -0.1) is 0 Å². The summed E-state index contributed by atoms with van der Waals surface area (Å²) in [5.74, 6) is -1.28. The number of carbonyl (C=O) groups excluding carboxylic acids is 1. The van der Waals surface area contributed by atoms with Crippen LogP contribution in [0.5, 0.6) is 0 Å². The van der Waals surface area contributed by atoms with Gasteiger partial charge in [-0.2, -0.15) is 5.26 Å². The Morgan fingerprint density at radius 1 is 1.46 bits per heavy atom. The Kier molecular flexibility index (Phi) is 3.81. The van der Waals surface area contributed by atoms with E-state index in [9.17, 15) is 25.0 Å². The Hall–Kier alpha value is -3.15. The van der Waals surface area contributed by atoms with Gasteiger partial charge in [-0.3, -0.25) is 19.5 Å². The van der Waals surface area contributed by atoms with Crippen molar-refractivity contribution in [1.29, 1.82) is 5.26 Å². The molecule has 1 aliphatic carbocycles. The first-order chi connectivity index (χ1) is 11.4. The lowest BCUT2D eigenvalue weighted by Gasteiger charge is -2.21. The predicted molar refractivity (Wildman–Crippen MR) is 82.1 cm³/mol. The van der Waals surface area contributed by atoms with Gasteiger partial charge < -0.3 is 9.73 Å². The maximum Gasteiger partial charge on any atom is 0.420 e. The number of carbonyl (C=O) groups is 1. The zero-order valence-corrected chi connectivity index (χ0v) is 12.7. The topological polar surface area (TPSA) is 131 Å². The molecule has 1 N–H and O–H groups in total. The highest BCUT2D eigenvalue weighted by molar-refractivity contribution is 5.81. The van der Waals surface area contributed by atoms with Crippen LogP contribution in [0.15, 0.2) is 27.4 Å². The van der Waals surface area contributed by atoms with E-state index in [-0.39, 0.29) is 23.3 Å². The first-order valence-electron chi connectivity index (χ1n) is 7.44. The fraction of sp³-hybridized carbons (Fsp3) is 0.400. The number of hydrogen-bond acceptors (Lipinski definition) is 6. The zero-order chi connectivity index (χ0) is 17.3. The largest absolute Gasteiger partial charge is 0.420 e. The molecular weight excluding hydrogens is 316 g/mol. The summed E-state index contributed by atoms with van der Waals surface area (Å²) in [6, 6.07) is 5.85. The summed E-state index contributed by atoms with van der Waals surface area (Å²) < 4.78 is 6.02. The number of aromatic nitrogens is 1. The molecule has 124 valence electrons. The van der Waals surface area contributed by atoms with Crippen molar-refractivity contribution in [2.45, 2.75) is 37.8 Å². The molecule has 24 heavy (non-hydrogen) atoms. The number of nitrogens with zero attached hydrogens (tertiary/aromatic N) is 3. The number of nitro groups is 1. The van der Waals surface area contributed by atoms with Gasteiger partial charge in [0.1, 0.15) is 12.1 Å². The molecule has 1 saturated carbocycles. The molecule has 1 aromatic heterocycles. The molecule has 2 aromatic rings. The number of oxazole rings is 1. The van der Waals surface area contributed by atoms with Gasteiger partial charge in [0.25, 0.3) is 5.69 Å². The average Bonchev–Trinajstić information content (AvgIpc) is 3.13. The van der Waals surface area contributed by atoms with Crippen molar-refractivity contribution in [3.05, 3.63) is 38.9 Å². The molecule has 9 heteroatoms. The molecule has 0 saturated heterocycles. The molecule has 3 rings (SSSR count). The number of amides is 1. The summed E-state index contributed by atoms with van der Waals surface area (Å²) in [6.45, 7) is -0.365. The van der Waals surface area contributed by atoms with Crippen LogP contribution in [0.3, 0.4) is 0 Å². The SMILES string of the molecule is N#CC1(NC(=O)Cn2c(=O)oc3ccc([N+](=O)[O-])cc32)CCCC1. The second-order valence-electron chi connectivity index (χ2n) is 5.81. The third kappa shape index (κ3) is 2.74. The number of nitrogens with one attached hydrogen (secondary N) is 1. The minimum absolute atomic E-state index is 0.161. The van der Waals surface area contributed by atoms with E-state index in [2.05, 4.69) is 11.4 Å². The number of rotatable bonds is 4. The van der Waals surface area contributed by atoms with E-state index in [0.717, 1.165) is 17.4 Å². The van der Waals surface area contributed by atoms with E-state index < -0.39 is 22.1 Å². The van der Waals surface area contributed by atoms with Crippen molar-refractivity contribution in [2.75, 3.05) is 0 Å². The summed E-state index contributed by atoms with van der Waals surface area (Å²) >= 11 is 0. The quantitative estimate of drug-likeness (QED) is 0.666. The van der Waals surface area contributed by atoms with E-state index in [1.807, 2.05) is 0 Å². The molecule has 1 heterocycles. The van der Waals surface area contributed by atoms with E-state index in [1.54, 1.807) is 0 Å². The van der Waals surface area contributed by atoms with Crippen LogP contribution in [0, 0.1) is 21.4 Å². The van der Waals surface area contributed by atoms with Crippen molar-refractivity contribution in [3.63, 3.8) is 0 Å². The third-order valence-corrected chi connectivity index (χ3v) is 4.21. The van der Waals surface area contributed by atoms with Gasteiger partial charge >= 0.3 is 5.76 Å². The molecule has 0 radical (unpaired) electrons. The molecule has 0 spiro atoms. The number of benzene rings is 1. The summed E-state index contributed by atoms with van der Waals surface area (Å²) in [6.07, 6.45) is 2.85. The Balaban J connectivity index is 1.89. The molecule has 0 bridgehead atoms. The van der Waals surface area contributed by atoms with Gasteiger partial charge in [-0.1, -0.05) is 0 Å². The lowest BCUT2D eigenvalue weighted by molar-refractivity contribution is -0.384. The first kappa shape index (κ1) is 15.7. The van der Waals surface area contributed by atoms with Crippen LogP contribution in [-0.4, -0.2) is 20.9 Å². The summed E-state index contributed by atoms with van der Waals surface area (Å²) in [5, 5.41) is 22.8. The molecule has 1 aromatic carbocycles. The molecule has 0 aliphatic heterocycles. The van der Waals surface area contributed by atoms with Gasteiger partial charge in [0.05, 0.1) is 16.5 Å². The molecule has 1 fully saturated rings. The van der Waals surface area contributed by atoms with Crippen LogP contribution in [0.4, 0.5) is 5.69 Å². The monoisotopic (exact) mass is 330 g/mol. The van der Waals surface area contributed by atoms with Crippen molar-refractivity contribution >= 4 is 22.7 Å². The van der Waals surface area contributed by atoms with Crippen molar-refractivity contribution in [3.8, 4) is 6.07 Å². The Bertz CT molecular complexity index is 914. The average molecular weight is 330 g/mol. The highest BCUT2D eigenvalue weighted by Gasteiger charge is 2.35. The number of nitro benzene ring substituents is 1. The lowest BCUT2D eigenvalue weighted by atomic mass is 10.00. The Morgan fingerprint density at radius 3 is 2.79 bits per heavy atom. The van der Waals surface area contributed by atoms with E-state index in [0.29, 0.717) is 12.8 Å². The second-order valence-corrected chi connectivity index (χ2v) is 5.81. The normalized spacial score (nSPS) is 16.0. The van der Waals surface area contributed by atoms with Gasteiger partial charge in [0, 0.05) is 12.1 Å². The number of fused-ring (bicyclic) bond motifs is 1. The summed E-state index contributed by atoms with van der Waals surface area (Å²) in [4.78, 5) is 34.4. The maximum absolute atomic E-state index is 12.2. The van der Waals surface area contributed by atoms with Gasteiger partial charge in [0.15, 0.2) is 5.58 Å². The third-order valence-electron chi connectivity index (χ3n) is 4.21. The van der Waals surface area contributed by atoms with Gasteiger partial charge in [0.2, 0.25) is 5.91 Å². The first-order valence-corrected chi connectivity index (χ1v) is 7.44. The van der Waals surface area contributed by atoms with Gasteiger partial charge in [-0.05, 0) is 31.7 Å².